The number of rotatable bonds is 3. The fourth-order valence-electron chi connectivity index (χ4n) is 1.83. The number of nitrogens with one attached hydrogen (secondary N) is 1. The summed E-state index contributed by atoms with van der Waals surface area (Å²) in [6.45, 7) is 1.74. The Morgan fingerprint density at radius 1 is 1.33 bits per heavy atom. The molecule has 0 saturated carbocycles. The number of thioether (sulfide) groups is 1. The molecule has 0 aliphatic carbocycles. The van der Waals surface area contributed by atoms with Crippen LogP contribution in [0.2, 0.25) is 0 Å². The molecule has 1 aliphatic heterocycles. The van der Waals surface area contributed by atoms with Gasteiger partial charge in [-0.2, -0.15) is 0 Å². The molecule has 2 nitrogen and oxygen atoms in total. The Labute approximate surface area is 95.4 Å². The summed E-state index contributed by atoms with van der Waals surface area (Å²) in [5.74, 6) is 0. The van der Waals surface area contributed by atoms with Crippen molar-refractivity contribution in [3.63, 3.8) is 0 Å². The quantitative estimate of drug-likeness (QED) is 0.848. The van der Waals surface area contributed by atoms with Crippen molar-refractivity contribution in [3.8, 4) is 0 Å². The molecule has 0 amide bonds. The van der Waals surface area contributed by atoms with E-state index < -0.39 is 0 Å². The van der Waals surface area contributed by atoms with Gasteiger partial charge in [0.25, 0.3) is 0 Å². The second kappa shape index (κ2) is 5.54. The molecule has 0 aromatic heterocycles. The highest BCUT2D eigenvalue weighted by atomic mass is 32.2. The highest BCUT2D eigenvalue weighted by molar-refractivity contribution is 8.00. The molecule has 2 rings (SSSR count). The summed E-state index contributed by atoms with van der Waals surface area (Å²) in [6, 6.07) is 11.1. The van der Waals surface area contributed by atoms with Gasteiger partial charge in [0.05, 0.1) is 6.61 Å². The SMILES string of the molecule is CNC1CCOCC1Sc1ccccc1. The summed E-state index contributed by atoms with van der Waals surface area (Å²) >= 11 is 1.91. The van der Waals surface area contributed by atoms with Crippen molar-refractivity contribution >= 4 is 11.8 Å². The topological polar surface area (TPSA) is 21.3 Å². The third-order valence-corrected chi connectivity index (χ3v) is 4.02. The number of ether oxygens (including phenoxy) is 1. The normalized spacial score (nSPS) is 26.5. The summed E-state index contributed by atoms with van der Waals surface area (Å²) in [5, 5.41) is 3.91. The van der Waals surface area contributed by atoms with Gasteiger partial charge in [0.1, 0.15) is 0 Å². The molecule has 1 heterocycles. The largest absolute Gasteiger partial charge is 0.380 e. The fourth-order valence-corrected chi connectivity index (χ4v) is 3.10. The molecule has 1 N–H and O–H groups in total. The van der Waals surface area contributed by atoms with Crippen LogP contribution in [0.1, 0.15) is 6.42 Å². The summed E-state index contributed by atoms with van der Waals surface area (Å²) < 4.78 is 5.53. The zero-order valence-electron chi connectivity index (χ0n) is 8.98. The van der Waals surface area contributed by atoms with E-state index in [0.29, 0.717) is 11.3 Å². The third-order valence-electron chi connectivity index (χ3n) is 2.71. The van der Waals surface area contributed by atoms with Gasteiger partial charge in [-0.15, -0.1) is 11.8 Å². The molecule has 1 aliphatic rings. The van der Waals surface area contributed by atoms with Gasteiger partial charge < -0.3 is 10.1 Å². The van der Waals surface area contributed by atoms with Crippen LogP contribution in [0.5, 0.6) is 0 Å². The molecule has 3 heteroatoms. The minimum absolute atomic E-state index is 0.533. The zero-order chi connectivity index (χ0) is 10.5. The minimum Gasteiger partial charge on any atom is -0.380 e. The summed E-state index contributed by atoms with van der Waals surface area (Å²) in [6.07, 6.45) is 1.11. The van der Waals surface area contributed by atoms with E-state index in [-0.39, 0.29) is 0 Å². The van der Waals surface area contributed by atoms with E-state index in [9.17, 15) is 0 Å². The van der Waals surface area contributed by atoms with Gasteiger partial charge in [-0.25, -0.2) is 0 Å². The third kappa shape index (κ3) is 2.97. The van der Waals surface area contributed by atoms with Gasteiger partial charge in [0, 0.05) is 22.8 Å². The maximum atomic E-state index is 5.53. The van der Waals surface area contributed by atoms with Crippen LogP contribution in [0.25, 0.3) is 0 Å². The first-order chi connectivity index (χ1) is 7.40. The number of benzene rings is 1. The van der Waals surface area contributed by atoms with Crippen LogP contribution in [-0.4, -0.2) is 31.6 Å². The Kier molecular flexibility index (Phi) is 4.06. The van der Waals surface area contributed by atoms with Crippen LogP contribution in [-0.2, 0) is 4.74 Å². The lowest BCUT2D eigenvalue weighted by molar-refractivity contribution is 0.0851. The molecular formula is C12H17NOS. The van der Waals surface area contributed by atoms with Gasteiger partial charge in [0.2, 0.25) is 0 Å². The maximum Gasteiger partial charge on any atom is 0.0603 e. The highest BCUT2D eigenvalue weighted by Crippen LogP contribution is 2.28. The van der Waals surface area contributed by atoms with Gasteiger partial charge in [-0.05, 0) is 25.6 Å². The Morgan fingerprint density at radius 3 is 2.87 bits per heavy atom. The predicted octanol–water partition coefficient (Wildman–Crippen LogP) is 2.16. The van der Waals surface area contributed by atoms with E-state index in [1.807, 2.05) is 18.8 Å². The van der Waals surface area contributed by atoms with E-state index in [1.54, 1.807) is 0 Å². The second-order valence-electron chi connectivity index (χ2n) is 3.73. The van der Waals surface area contributed by atoms with Crippen molar-refractivity contribution in [1.29, 1.82) is 0 Å². The smallest absolute Gasteiger partial charge is 0.0603 e. The first kappa shape index (κ1) is 11.0. The first-order valence-corrected chi connectivity index (χ1v) is 6.25. The van der Waals surface area contributed by atoms with E-state index in [4.69, 9.17) is 4.74 Å². The summed E-state index contributed by atoms with van der Waals surface area (Å²) in [7, 11) is 2.04. The molecule has 0 radical (unpaired) electrons. The van der Waals surface area contributed by atoms with Crippen molar-refractivity contribution in [1.82, 2.24) is 5.32 Å². The molecular weight excluding hydrogens is 206 g/mol. The lowest BCUT2D eigenvalue weighted by Gasteiger charge is -2.30. The van der Waals surface area contributed by atoms with Crippen LogP contribution in [0.15, 0.2) is 35.2 Å². The minimum atomic E-state index is 0.533. The zero-order valence-corrected chi connectivity index (χ0v) is 9.80. The molecule has 82 valence electrons. The van der Waals surface area contributed by atoms with Gasteiger partial charge >= 0.3 is 0 Å². The van der Waals surface area contributed by atoms with Crippen LogP contribution in [0, 0.1) is 0 Å². The summed E-state index contributed by atoms with van der Waals surface area (Å²) in [4.78, 5) is 1.33. The average Bonchev–Trinajstić information content (AvgIpc) is 2.31. The molecule has 2 unspecified atom stereocenters. The predicted molar refractivity (Wildman–Crippen MR) is 64.4 cm³/mol. The van der Waals surface area contributed by atoms with E-state index >= 15 is 0 Å². The van der Waals surface area contributed by atoms with Crippen LogP contribution in [0.4, 0.5) is 0 Å². The average molecular weight is 223 g/mol. The van der Waals surface area contributed by atoms with Crippen LogP contribution < -0.4 is 5.32 Å². The van der Waals surface area contributed by atoms with Crippen molar-refractivity contribution in [2.45, 2.75) is 22.6 Å². The van der Waals surface area contributed by atoms with Crippen LogP contribution in [0.3, 0.4) is 0 Å². The van der Waals surface area contributed by atoms with Crippen LogP contribution >= 0.6 is 11.8 Å². The summed E-state index contributed by atoms with van der Waals surface area (Å²) in [5.41, 5.74) is 0. The van der Waals surface area contributed by atoms with Crippen molar-refractivity contribution in [2.24, 2.45) is 0 Å². The highest BCUT2D eigenvalue weighted by Gasteiger charge is 2.24. The monoisotopic (exact) mass is 223 g/mol. The van der Waals surface area contributed by atoms with Gasteiger partial charge in [-0.1, -0.05) is 18.2 Å². The molecule has 1 fully saturated rings. The Morgan fingerprint density at radius 2 is 2.13 bits per heavy atom. The maximum absolute atomic E-state index is 5.53. The Balaban J connectivity index is 1.97. The van der Waals surface area contributed by atoms with Gasteiger partial charge in [-0.3, -0.25) is 0 Å². The molecule has 1 saturated heterocycles. The fraction of sp³-hybridized carbons (Fsp3) is 0.500. The molecule has 15 heavy (non-hydrogen) atoms. The molecule has 0 bridgehead atoms. The van der Waals surface area contributed by atoms with E-state index in [2.05, 4.69) is 35.6 Å². The number of hydrogen-bond acceptors (Lipinski definition) is 3. The molecule has 2 atom stereocenters. The lowest BCUT2D eigenvalue weighted by Crippen LogP contribution is -2.43. The molecule has 1 aromatic rings. The van der Waals surface area contributed by atoms with E-state index in [0.717, 1.165) is 19.6 Å². The van der Waals surface area contributed by atoms with Crippen molar-refractivity contribution < 1.29 is 4.74 Å². The Bertz CT molecular complexity index is 291. The Hall–Kier alpha value is -0.510. The van der Waals surface area contributed by atoms with Crippen molar-refractivity contribution in [3.05, 3.63) is 30.3 Å². The lowest BCUT2D eigenvalue weighted by atomic mass is 10.1. The number of hydrogen-bond donors (Lipinski definition) is 1. The van der Waals surface area contributed by atoms with E-state index in [1.165, 1.54) is 4.90 Å². The van der Waals surface area contributed by atoms with Gasteiger partial charge in [0.15, 0.2) is 0 Å². The standard InChI is InChI=1S/C12H17NOS/c1-13-11-7-8-14-9-12(11)15-10-5-3-2-4-6-10/h2-6,11-13H,7-9H2,1H3. The van der Waals surface area contributed by atoms with Crippen molar-refractivity contribution in [2.75, 3.05) is 20.3 Å². The first-order valence-electron chi connectivity index (χ1n) is 5.37. The molecule has 1 aromatic carbocycles. The second-order valence-corrected chi connectivity index (χ2v) is 5.04. The molecule has 0 spiro atoms.